The van der Waals surface area contributed by atoms with Crippen LogP contribution in [0.25, 0.3) is 10.9 Å². The maximum atomic E-state index is 4.73. The predicted octanol–water partition coefficient (Wildman–Crippen LogP) is 4.21. The van der Waals surface area contributed by atoms with Crippen molar-refractivity contribution in [2.24, 2.45) is 5.92 Å². The van der Waals surface area contributed by atoms with Crippen LogP contribution in [0.2, 0.25) is 0 Å². The highest BCUT2D eigenvalue weighted by molar-refractivity contribution is 5.94. The monoisotopic (exact) mass is 283 g/mol. The molecule has 0 aliphatic carbocycles. The number of pyridine rings is 1. The minimum Gasteiger partial charge on any atom is -0.385 e. The van der Waals surface area contributed by atoms with Crippen LogP contribution in [0.1, 0.15) is 32.4 Å². The summed E-state index contributed by atoms with van der Waals surface area (Å²) in [5, 5.41) is 4.77. The smallest absolute Gasteiger partial charge is 0.0746 e. The van der Waals surface area contributed by atoms with E-state index in [0.29, 0.717) is 5.92 Å². The summed E-state index contributed by atoms with van der Waals surface area (Å²) in [5.41, 5.74) is 4.73. The molecule has 21 heavy (non-hydrogen) atoms. The zero-order valence-corrected chi connectivity index (χ0v) is 13.3. The number of anilines is 2. The van der Waals surface area contributed by atoms with Crippen molar-refractivity contribution in [1.82, 2.24) is 4.98 Å². The largest absolute Gasteiger partial charge is 0.385 e. The highest BCUT2D eigenvalue weighted by atomic mass is 15.1. The van der Waals surface area contributed by atoms with Crippen molar-refractivity contribution in [1.29, 1.82) is 0 Å². The van der Waals surface area contributed by atoms with Gasteiger partial charge < -0.3 is 10.2 Å². The van der Waals surface area contributed by atoms with Gasteiger partial charge in [0.1, 0.15) is 0 Å². The molecule has 3 rings (SSSR count). The van der Waals surface area contributed by atoms with Gasteiger partial charge in [-0.2, -0.15) is 0 Å². The molecule has 0 radical (unpaired) electrons. The average Bonchev–Trinajstić information content (AvgIpc) is 2.97. The number of aryl methyl sites for hydroxylation is 1. The molecule has 0 amide bonds. The van der Waals surface area contributed by atoms with Gasteiger partial charge in [-0.25, -0.2) is 0 Å². The Morgan fingerprint density at radius 3 is 2.67 bits per heavy atom. The van der Waals surface area contributed by atoms with Crippen LogP contribution in [0.5, 0.6) is 0 Å². The molecule has 1 N–H and O–H groups in total. The fourth-order valence-corrected chi connectivity index (χ4v) is 2.99. The van der Waals surface area contributed by atoms with Crippen LogP contribution in [0, 0.1) is 12.8 Å². The Hall–Kier alpha value is -1.77. The summed E-state index contributed by atoms with van der Waals surface area (Å²) in [6, 6.07) is 8.82. The molecule has 3 heteroatoms. The van der Waals surface area contributed by atoms with E-state index < -0.39 is 0 Å². The van der Waals surface area contributed by atoms with Crippen molar-refractivity contribution in [3.8, 4) is 0 Å². The molecule has 3 nitrogen and oxygen atoms in total. The van der Waals surface area contributed by atoms with Gasteiger partial charge in [0.15, 0.2) is 0 Å². The maximum absolute atomic E-state index is 4.73. The standard InChI is InChI=1S/C18H25N3/c1-13(2)12-19-15-6-7-16-17(11-15)20-14(3)10-18(16)21-8-4-5-9-21/h6-7,10-11,13,19H,4-5,8-9,12H2,1-3H3. The van der Waals surface area contributed by atoms with E-state index in [9.17, 15) is 0 Å². The van der Waals surface area contributed by atoms with Crippen molar-refractivity contribution in [2.45, 2.75) is 33.6 Å². The highest BCUT2D eigenvalue weighted by Gasteiger charge is 2.16. The molecule has 0 atom stereocenters. The van der Waals surface area contributed by atoms with Gasteiger partial charge in [-0.1, -0.05) is 13.8 Å². The minimum absolute atomic E-state index is 0.645. The molecule has 1 fully saturated rings. The zero-order valence-electron chi connectivity index (χ0n) is 13.3. The second-order valence-electron chi connectivity index (χ2n) is 6.48. The molecule has 0 bridgehead atoms. The van der Waals surface area contributed by atoms with Crippen LogP contribution in [-0.4, -0.2) is 24.6 Å². The summed E-state index contributed by atoms with van der Waals surface area (Å²) >= 11 is 0. The second kappa shape index (κ2) is 5.92. The number of nitrogens with zero attached hydrogens (tertiary/aromatic N) is 2. The van der Waals surface area contributed by atoms with Crippen molar-refractivity contribution in [3.63, 3.8) is 0 Å². The summed E-state index contributed by atoms with van der Waals surface area (Å²) < 4.78 is 0. The molecule has 1 aromatic heterocycles. The molecule has 1 saturated heterocycles. The number of hydrogen-bond acceptors (Lipinski definition) is 3. The number of benzene rings is 1. The molecule has 1 aromatic carbocycles. The molecule has 1 aliphatic heterocycles. The predicted molar refractivity (Wildman–Crippen MR) is 91.3 cm³/mol. The third-order valence-electron chi connectivity index (χ3n) is 4.08. The molecular formula is C18H25N3. The average molecular weight is 283 g/mol. The van der Waals surface area contributed by atoms with Crippen LogP contribution < -0.4 is 10.2 Å². The van der Waals surface area contributed by atoms with Crippen LogP contribution in [0.4, 0.5) is 11.4 Å². The lowest BCUT2D eigenvalue weighted by atomic mass is 10.1. The summed E-state index contributed by atoms with van der Waals surface area (Å²) in [6.45, 7) is 9.88. The van der Waals surface area contributed by atoms with Gasteiger partial charge in [0.2, 0.25) is 0 Å². The number of nitrogens with one attached hydrogen (secondary N) is 1. The topological polar surface area (TPSA) is 28.2 Å². The van der Waals surface area contributed by atoms with E-state index in [4.69, 9.17) is 4.98 Å². The molecule has 2 aromatic rings. The molecule has 0 spiro atoms. The minimum atomic E-state index is 0.645. The lowest BCUT2D eigenvalue weighted by Gasteiger charge is -2.20. The van der Waals surface area contributed by atoms with E-state index in [2.05, 4.69) is 55.3 Å². The molecule has 0 unspecified atom stereocenters. The van der Waals surface area contributed by atoms with Crippen LogP contribution in [0.15, 0.2) is 24.3 Å². The Kier molecular flexibility index (Phi) is 4.00. The third kappa shape index (κ3) is 3.12. The van der Waals surface area contributed by atoms with Crippen molar-refractivity contribution in [3.05, 3.63) is 30.0 Å². The van der Waals surface area contributed by atoms with Crippen molar-refractivity contribution >= 4 is 22.3 Å². The molecular weight excluding hydrogens is 258 g/mol. The zero-order chi connectivity index (χ0) is 14.8. The Morgan fingerprint density at radius 2 is 1.95 bits per heavy atom. The van der Waals surface area contributed by atoms with E-state index >= 15 is 0 Å². The van der Waals surface area contributed by atoms with Gasteiger partial charge >= 0.3 is 0 Å². The summed E-state index contributed by atoms with van der Waals surface area (Å²) in [6.07, 6.45) is 2.60. The Labute approximate surface area is 127 Å². The van der Waals surface area contributed by atoms with E-state index in [1.807, 2.05) is 0 Å². The van der Waals surface area contributed by atoms with Gasteiger partial charge in [-0.15, -0.1) is 0 Å². The fourth-order valence-electron chi connectivity index (χ4n) is 2.99. The number of aromatic nitrogens is 1. The normalized spacial score (nSPS) is 15.1. The lowest BCUT2D eigenvalue weighted by molar-refractivity contribution is 0.689. The number of fused-ring (bicyclic) bond motifs is 1. The van der Waals surface area contributed by atoms with Crippen molar-refractivity contribution in [2.75, 3.05) is 29.9 Å². The van der Waals surface area contributed by atoms with Crippen LogP contribution in [-0.2, 0) is 0 Å². The SMILES string of the molecule is Cc1cc(N2CCCC2)c2ccc(NCC(C)C)cc2n1. The molecule has 112 valence electrons. The van der Waals surface area contributed by atoms with E-state index in [-0.39, 0.29) is 0 Å². The fraction of sp³-hybridized carbons (Fsp3) is 0.500. The number of rotatable bonds is 4. The Balaban J connectivity index is 1.97. The quantitative estimate of drug-likeness (QED) is 0.911. The van der Waals surface area contributed by atoms with Gasteiger partial charge in [0, 0.05) is 42.1 Å². The molecule has 2 heterocycles. The summed E-state index contributed by atoms with van der Waals surface area (Å²) in [7, 11) is 0. The molecule has 0 saturated carbocycles. The first kappa shape index (κ1) is 14.2. The van der Waals surface area contributed by atoms with Gasteiger partial charge in [-0.05, 0) is 49.9 Å². The first-order valence-electron chi connectivity index (χ1n) is 8.04. The first-order chi connectivity index (χ1) is 10.1. The third-order valence-corrected chi connectivity index (χ3v) is 4.08. The highest BCUT2D eigenvalue weighted by Crippen LogP contribution is 2.30. The first-order valence-corrected chi connectivity index (χ1v) is 8.04. The lowest BCUT2D eigenvalue weighted by Crippen LogP contribution is -2.18. The second-order valence-corrected chi connectivity index (χ2v) is 6.48. The van der Waals surface area contributed by atoms with Crippen LogP contribution in [0.3, 0.4) is 0 Å². The van der Waals surface area contributed by atoms with E-state index in [1.165, 1.54) is 42.7 Å². The number of hydrogen-bond donors (Lipinski definition) is 1. The van der Waals surface area contributed by atoms with Gasteiger partial charge in [0.25, 0.3) is 0 Å². The van der Waals surface area contributed by atoms with Gasteiger partial charge in [0.05, 0.1) is 5.52 Å². The van der Waals surface area contributed by atoms with Gasteiger partial charge in [-0.3, -0.25) is 4.98 Å². The van der Waals surface area contributed by atoms with Crippen LogP contribution >= 0.6 is 0 Å². The van der Waals surface area contributed by atoms with E-state index in [0.717, 1.165) is 17.8 Å². The Morgan fingerprint density at radius 1 is 1.19 bits per heavy atom. The van der Waals surface area contributed by atoms with Crippen molar-refractivity contribution < 1.29 is 0 Å². The summed E-state index contributed by atoms with van der Waals surface area (Å²) in [5.74, 6) is 0.645. The van der Waals surface area contributed by atoms with E-state index in [1.54, 1.807) is 0 Å². The maximum Gasteiger partial charge on any atom is 0.0746 e. The molecule has 1 aliphatic rings. The summed E-state index contributed by atoms with van der Waals surface area (Å²) in [4.78, 5) is 7.23. The Bertz CT molecular complexity index is 628.